The number of esters is 2. The van der Waals surface area contributed by atoms with Crippen molar-refractivity contribution >= 4 is 46.9 Å². The minimum atomic E-state index is -0.749. The Morgan fingerprint density at radius 1 is 0.610 bits per heavy atom. The Morgan fingerprint density at radius 3 is 1.44 bits per heavy atom. The Labute approximate surface area is 232 Å². The van der Waals surface area contributed by atoms with Crippen molar-refractivity contribution in [2.24, 2.45) is 0 Å². The smallest absolute Gasteiger partial charge is 0.338 e. The average Bonchev–Trinajstić information content (AvgIpc) is 3.39. The van der Waals surface area contributed by atoms with E-state index < -0.39 is 35.6 Å². The largest absolute Gasteiger partial charge is 0.460 e. The lowest BCUT2D eigenvalue weighted by Gasteiger charge is -2.17. The maximum atomic E-state index is 13.2. The van der Waals surface area contributed by atoms with Gasteiger partial charge in [-0.2, -0.15) is 0 Å². The number of carbonyl (C=O) groups excluding carboxylic acids is 6. The van der Waals surface area contributed by atoms with Gasteiger partial charge in [0.05, 0.1) is 58.0 Å². The standard InChI is InChI=1S/C29H22N2O10/c1-39-12-13-41-29(38)17-3-9-21-23(15-17)27(36)31(25(21)34)19-6-4-18(5-7-19)30-24(33)20-8-2-16(14-22(20)26(30)35)28(37)40-11-10-32/h2-9,14-15,32H,10-13H2,1H3. The number of hydrogen-bond donors (Lipinski definition) is 1. The molecule has 1 N–H and O–H groups in total. The third-order valence-corrected chi connectivity index (χ3v) is 6.46. The molecule has 4 amide bonds. The van der Waals surface area contributed by atoms with Crippen LogP contribution in [0.3, 0.4) is 0 Å². The summed E-state index contributed by atoms with van der Waals surface area (Å²) in [4.78, 5) is 78.6. The van der Waals surface area contributed by atoms with Crippen LogP contribution in [0.15, 0.2) is 60.7 Å². The number of nitrogens with zero attached hydrogens (tertiary/aromatic N) is 2. The van der Waals surface area contributed by atoms with E-state index in [0.717, 1.165) is 9.80 Å². The van der Waals surface area contributed by atoms with Gasteiger partial charge in [0.1, 0.15) is 13.2 Å². The fraction of sp³-hybridized carbons (Fsp3) is 0.172. The summed E-state index contributed by atoms with van der Waals surface area (Å²) in [5, 5.41) is 8.84. The van der Waals surface area contributed by atoms with Crippen LogP contribution in [0.5, 0.6) is 0 Å². The second-order valence-electron chi connectivity index (χ2n) is 8.92. The molecule has 208 valence electrons. The molecule has 12 heteroatoms. The molecule has 0 aliphatic carbocycles. The molecule has 3 aromatic carbocycles. The van der Waals surface area contributed by atoms with Gasteiger partial charge in [-0.15, -0.1) is 0 Å². The quantitative estimate of drug-likeness (QED) is 0.235. The molecule has 2 heterocycles. The molecule has 0 saturated heterocycles. The molecule has 0 bridgehead atoms. The lowest BCUT2D eigenvalue weighted by molar-refractivity contribution is 0.0386. The average molecular weight is 558 g/mol. The maximum absolute atomic E-state index is 13.2. The van der Waals surface area contributed by atoms with Gasteiger partial charge in [-0.3, -0.25) is 19.2 Å². The van der Waals surface area contributed by atoms with Crippen LogP contribution in [0.2, 0.25) is 0 Å². The normalized spacial score (nSPS) is 13.9. The number of anilines is 2. The second-order valence-corrected chi connectivity index (χ2v) is 8.92. The summed E-state index contributed by atoms with van der Waals surface area (Å²) in [6, 6.07) is 13.7. The van der Waals surface area contributed by atoms with Crippen LogP contribution in [0.25, 0.3) is 0 Å². The van der Waals surface area contributed by atoms with Crippen LogP contribution in [0.1, 0.15) is 62.1 Å². The van der Waals surface area contributed by atoms with Crippen molar-refractivity contribution in [3.63, 3.8) is 0 Å². The molecule has 2 aliphatic heterocycles. The van der Waals surface area contributed by atoms with Gasteiger partial charge in [0.25, 0.3) is 23.6 Å². The highest BCUT2D eigenvalue weighted by Gasteiger charge is 2.39. The van der Waals surface area contributed by atoms with Crippen LogP contribution in [-0.4, -0.2) is 74.2 Å². The van der Waals surface area contributed by atoms with Crippen LogP contribution in [0.4, 0.5) is 11.4 Å². The molecule has 0 radical (unpaired) electrons. The number of benzene rings is 3. The molecule has 0 fully saturated rings. The zero-order valence-electron chi connectivity index (χ0n) is 21.6. The highest BCUT2D eigenvalue weighted by Crippen LogP contribution is 2.33. The summed E-state index contributed by atoms with van der Waals surface area (Å²) < 4.78 is 14.8. The van der Waals surface area contributed by atoms with Crippen molar-refractivity contribution in [1.29, 1.82) is 0 Å². The van der Waals surface area contributed by atoms with Gasteiger partial charge >= 0.3 is 11.9 Å². The van der Waals surface area contributed by atoms with E-state index in [9.17, 15) is 28.8 Å². The van der Waals surface area contributed by atoms with Crippen molar-refractivity contribution in [3.8, 4) is 0 Å². The summed E-state index contributed by atoms with van der Waals surface area (Å²) in [5.41, 5.74) is 0.775. The van der Waals surface area contributed by atoms with Gasteiger partial charge < -0.3 is 19.3 Å². The van der Waals surface area contributed by atoms with Crippen LogP contribution in [0, 0.1) is 0 Å². The number of methoxy groups -OCH3 is 1. The number of imide groups is 2. The highest BCUT2D eigenvalue weighted by molar-refractivity contribution is 6.36. The molecule has 0 saturated carbocycles. The maximum Gasteiger partial charge on any atom is 0.338 e. The molecule has 5 rings (SSSR count). The summed E-state index contributed by atoms with van der Waals surface area (Å²) in [6.07, 6.45) is 0. The van der Waals surface area contributed by atoms with Gasteiger partial charge in [0.2, 0.25) is 0 Å². The first-order valence-corrected chi connectivity index (χ1v) is 12.4. The van der Waals surface area contributed by atoms with Gasteiger partial charge in [-0.1, -0.05) is 0 Å². The number of rotatable bonds is 9. The Morgan fingerprint density at radius 2 is 1.02 bits per heavy atom. The number of carbonyl (C=O) groups is 6. The number of ether oxygens (including phenoxy) is 3. The van der Waals surface area contributed by atoms with Crippen LogP contribution < -0.4 is 9.80 Å². The van der Waals surface area contributed by atoms with E-state index in [1.807, 2.05) is 0 Å². The fourth-order valence-corrected chi connectivity index (χ4v) is 4.48. The minimum Gasteiger partial charge on any atom is -0.460 e. The van der Waals surface area contributed by atoms with Gasteiger partial charge in [-0.25, -0.2) is 19.4 Å². The van der Waals surface area contributed by atoms with Gasteiger partial charge in [-0.05, 0) is 60.7 Å². The van der Waals surface area contributed by atoms with E-state index in [2.05, 4.69) is 0 Å². The van der Waals surface area contributed by atoms with E-state index in [-0.39, 0.29) is 71.2 Å². The molecule has 0 aromatic heterocycles. The molecule has 0 unspecified atom stereocenters. The molecule has 0 atom stereocenters. The molecule has 12 nitrogen and oxygen atoms in total. The number of aliphatic hydroxyl groups is 1. The van der Waals surface area contributed by atoms with Crippen molar-refractivity contribution in [1.82, 2.24) is 0 Å². The highest BCUT2D eigenvalue weighted by atomic mass is 16.6. The van der Waals surface area contributed by atoms with Crippen molar-refractivity contribution in [2.45, 2.75) is 0 Å². The molecule has 2 aliphatic rings. The molecule has 41 heavy (non-hydrogen) atoms. The molecule has 3 aromatic rings. The monoisotopic (exact) mass is 558 g/mol. The zero-order chi connectivity index (χ0) is 29.3. The number of amides is 4. The second kappa shape index (κ2) is 11.1. The Kier molecular flexibility index (Phi) is 7.42. The first kappa shape index (κ1) is 27.4. The minimum absolute atomic E-state index is 0.00873. The van der Waals surface area contributed by atoms with E-state index in [1.54, 1.807) is 0 Å². The first-order valence-electron chi connectivity index (χ1n) is 12.4. The number of hydrogen-bond acceptors (Lipinski definition) is 10. The van der Waals surface area contributed by atoms with E-state index >= 15 is 0 Å². The number of fused-ring (bicyclic) bond motifs is 2. The van der Waals surface area contributed by atoms with Crippen molar-refractivity contribution in [3.05, 3.63) is 94.0 Å². The predicted octanol–water partition coefficient (Wildman–Crippen LogP) is 2.24. The summed E-state index contributed by atoms with van der Waals surface area (Å²) in [6.45, 7) is -0.330. The first-order chi connectivity index (χ1) is 19.8. The summed E-state index contributed by atoms with van der Waals surface area (Å²) in [5.74, 6) is -3.94. The predicted molar refractivity (Wildman–Crippen MR) is 141 cm³/mol. The SMILES string of the molecule is COCCOC(=O)c1ccc2c(c1)C(=O)N(c1ccc(N3C(=O)c4ccc(C(=O)OCCO)cc4C3=O)cc1)C2=O. The lowest BCUT2D eigenvalue weighted by atomic mass is 10.1. The zero-order valence-corrected chi connectivity index (χ0v) is 21.6. The van der Waals surface area contributed by atoms with E-state index in [1.165, 1.54) is 67.8 Å². The van der Waals surface area contributed by atoms with Gasteiger partial charge in [0, 0.05) is 7.11 Å². The van der Waals surface area contributed by atoms with Crippen LogP contribution in [-0.2, 0) is 14.2 Å². The van der Waals surface area contributed by atoms with Crippen molar-refractivity contribution in [2.75, 3.05) is 43.3 Å². The topological polar surface area (TPSA) is 157 Å². The Balaban J connectivity index is 1.35. The number of aliphatic hydroxyl groups excluding tert-OH is 1. The summed E-state index contributed by atoms with van der Waals surface area (Å²) in [7, 11) is 1.46. The van der Waals surface area contributed by atoms with E-state index in [4.69, 9.17) is 19.3 Å². The Hall–Kier alpha value is -5.20. The molecular weight excluding hydrogens is 536 g/mol. The molecule has 0 spiro atoms. The van der Waals surface area contributed by atoms with Gasteiger partial charge in [0.15, 0.2) is 0 Å². The third kappa shape index (κ3) is 4.86. The van der Waals surface area contributed by atoms with E-state index in [0.29, 0.717) is 0 Å². The third-order valence-electron chi connectivity index (χ3n) is 6.46. The van der Waals surface area contributed by atoms with Crippen LogP contribution >= 0.6 is 0 Å². The lowest BCUT2D eigenvalue weighted by Crippen LogP contribution is -2.30. The fourth-order valence-electron chi connectivity index (χ4n) is 4.48. The molecular formula is C29H22N2O10. The Bertz CT molecular complexity index is 1610. The summed E-state index contributed by atoms with van der Waals surface area (Å²) >= 11 is 0. The van der Waals surface area contributed by atoms with Crippen molar-refractivity contribution < 1.29 is 48.1 Å².